The van der Waals surface area contributed by atoms with Crippen molar-refractivity contribution >= 4 is 17.7 Å². The molecule has 2 atom stereocenters. The summed E-state index contributed by atoms with van der Waals surface area (Å²) in [6.07, 6.45) is 1.44. The number of carbonyl (C=O) groups is 3. The van der Waals surface area contributed by atoms with Crippen LogP contribution in [0.25, 0.3) is 11.1 Å². The predicted molar refractivity (Wildman–Crippen MR) is 133 cm³/mol. The van der Waals surface area contributed by atoms with E-state index < -0.39 is 0 Å². The summed E-state index contributed by atoms with van der Waals surface area (Å²) in [7, 11) is 0. The number of likely N-dealkylation sites (tertiary alicyclic amines) is 2. The quantitative estimate of drug-likeness (QED) is 0.733. The van der Waals surface area contributed by atoms with Gasteiger partial charge in [0.15, 0.2) is 5.78 Å². The van der Waals surface area contributed by atoms with Gasteiger partial charge in [-0.1, -0.05) is 42.0 Å². The average molecular weight is 476 g/mol. The van der Waals surface area contributed by atoms with Crippen LogP contribution in [0.3, 0.4) is 0 Å². The number of nitrogens with zero attached hydrogens (tertiary/aromatic N) is 2. The van der Waals surface area contributed by atoms with Gasteiger partial charge < -0.3 is 19.9 Å². The third kappa shape index (κ3) is 4.82. The number of Topliss-reactive ketones (excluding diaryl/α,β-unsaturated/α-hetero) is 1. The van der Waals surface area contributed by atoms with Crippen LogP contribution in [-0.4, -0.2) is 73.0 Å². The van der Waals surface area contributed by atoms with E-state index in [1.807, 2.05) is 41.8 Å². The largest absolute Gasteiger partial charge is 0.370 e. The molecular weight excluding hydrogens is 442 g/mol. The Morgan fingerprint density at radius 2 is 1.83 bits per heavy atom. The van der Waals surface area contributed by atoms with Crippen LogP contribution in [0.5, 0.6) is 0 Å². The highest BCUT2D eigenvalue weighted by atomic mass is 16.5. The molecule has 0 saturated carbocycles. The Kier molecular flexibility index (Phi) is 6.60. The van der Waals surface area contributed by atoms with Gasteiger partial charge >= 0.3 is 6.03 Å². The van der Waals surface area contributed by atoms with Gasteiger partial charge in [0, 0.05) is 56.5 Å². The molecule has 7 heteroatoms. The summed E-state index contributed by atoms with van der Waals surface area (Å²) in [5, 5.41) is 2.90. The Balaban J connectivity index is 1.20. The first kappa shape index (κ1) is 23.5. The summed E-state index contributed by atoms with van der Waals surface area (Å²) in [6, 6.07) is 14.4. The van der Waals surface area contributed by atoms with E-state index in [4.69, 9.17) is 4.74 Å². The summed E-state index contributed by atoms with van der Waals surface area (Å²) >= 11 is 0. The van der Waals surface area contributed by atoms with Gasteiger partial charge in [-0.25, -0.2) is 4.79 Å². The minimum absolute atomic E-state index is 0.0587. The number of hydrogen-bond donors (Lipinski definition) is 1. The van der Waals surface area contributed by atoms with E-state index in [-0.39, 0.29) is 36.4 Å². The Morgan fingerprint density at radius 1 is 1.06 bits per heavy atom. The number of ketones is 1. The summed E-state index contributed by atoms with van der Waals surface area (Å²) in [5.41, 5.74) is 4.88. The zero-order valence-corrected chi connectivity index (χ0v) is 20.5. The van der Waals surface area contributed by atoms with Crippen molar-refractivity contribution in [3.8, 4) is 11.1 Å². The first-order valence-electron chi connectivity index (χ1n) is 12.6. The molecule has 3 aliphatic rings. The lowest BCUT2D eigenvalue weighted by atomic mass is 9.87. The molecule has 0 bridgehead atoms. The van der Waals surface area contributed by atoms with Crippen LogP contribution in [0.2, 0.25) is 0 Å². The van der Waals surface area contributed by atoms with Crippen molar-refractivity contribution in [3.05, 3.63) is 59.2 Å². The van der Waals surface area contributed by atoms with Crippen LogP contribution in [0.15, 0.2) is 42.5 Å². The molecule has 1 N–H and O–H groups in total. The van der Waals surface area contributed by atoms with Crippen molar-refractivity contribution in [2.75, 3.05) is 39.3 Å². The maximum absolute atomic E-state index is 13.0. The number of nitrogens with one attached hydrogen (secondary N) is 1. The summed E-state index contributed by atoms with van der Waals surface area (Å²) in [5.74, 6) is 0.518. The van der Waals surface area contributed by atoms with Crippen LogP contribution in [-0.2, 0) is 9.53 Å². The van der Waals surface area contributed by atoms with Gasteiger partial charge in [0.25, 0.3) is 5.91 Å². The fraction of sp³-hybridized carbons (Fsp3) is 0.464. The van der Waals surface area contributed by atoms with Gasteiger partial charge in [0.1, 0.15) is 6.61 Å². The molecule has 2 aromatic rings. The number of rotatable bonds is 4. The highest BCUT2D eigenvalue weighted by Gasteiger charge is 2.40. The van der Waals surface area contributed by atoms with E-state index in [0.717, 1.165) is 23.1 Å². The zero-order chi connectivity index (χ0) is 24.5. The van der Waals surface area contributed by atoms with E-state index in [1.165, 1.54) is 5.56 Å². The minimum atomic E-state index is -0.0587. The van der Waals surface area contributed by atoms with E-state index in [1.54, 1.807) is 0 Å². The van der Waals surface area contributed by atoms with Crippen molar-refractivity contribution in [2.45, 2.75) is 38.7 Å². The second-order valence-corrected chi connectivity index (χ2v) is 10.0. The molecule has 3 fully saturated rings. The molecule has 0 spiro atoms. The van der Waals surface area contributed by atoms with Crippen LogP contribution < -0.4 is 5.32 Å². The van der Waals surface area contributed by atoms with Gasteiger partial charge in [-0.15, -0.1) is 0 Å². The minimum Gasteiger partial charge on any atom is -0.370 e. The first-order valence-corrected chi connectivity index (χ1v) is 12.6. The zero-order valence-electron chi connectivity index (χ0n) is 20.5. The Labute approximate surface area is 206 Å². The number of benzene rings is 2. The van der Waals surface area contributed by atoms with Gasteiger partial charge in [-0.3, -0.25) is 9.59 Å². The monoisotopic (exact) mass is 475 g/mol. The summed E-state index contributed by atoms with van der Waals surface area (Å²) in [4.78, 5) is 41.1. The molecule has 2 aromatic carbocycles. The van der Waals surface area contributed by atoms with Crippen LogP contribution in [0.1, 0.15) is 47.2 Å². The highest BCUT2D eigenvalue weighted by molar-refractivity contribution is 6.01. The Hall–Kier alpha value is -3.19. The smallest absolute Gasteiger partial charge is 0.320 e. The van der Waals surface area contributed by atoms with Gasteiger partial charge in [-0.05, 0) is 43.0 Å². The van der Waals surface area contributed by atoms with Crippen molar-refractivity contribution in [1.29, 1.82) is 0 Å². The lowest BCUT2D eigenvalue weighted by molar-refractivity contribution is -0.140. The molecule has 7 nitrogen and oxygen atoms in total. The topological polar surface area (TPSA) is 79.0 Å². The number of ether oxygens (including phenoxy) is 1. The highest BCUT2D eigenvalue weighted by Crippen LogP contribution is 2.33. The predicted octanol–water partition coefficient (Wildman–Crippen LogP) is 3.61. The van der Waals surface area contributed by atoms with Gasteiger partial charge in [0.2, 0.25) is 0 Å². The normalized spacial score (nSPS) is 22.4. The summed E-state index contributed by atoms with van der Waals surface area (Å²) < 4.78 is 5.65. The van der Waals surface area contributed by atoms with Crippen molar-refractivity contribution < 1.29 is 19.1 Å². The Morgan fingerprint density at radius 3 is 2.57 bits per heavy atom. The molecular formula is C28H33N3O4. The first-order chi connectivity index (χ1) is 16.9. The van der Waals surface area contributed by atoms with Crippen molar-refractivity contribution in [2.24, 2.45) is 5.92 Å². The fourth-order valence-electron chi connectivity index (χ4n) is 5.49. The fourth-order valence-corrected chi connectivity index (χ4v) is 5.49. The van der Waals surface area contributed by atoms with Crippen LogP contribution >= 0.6 is 0 Å². The molecule has 3 aliphatic heterocycles. The Bertz CT molecular complexity index is 1120. The second kappa shape index (κ2) is 9.82. The maximum atomic E-state index is 13.0. The molecule has 0 radical (unpaired) electrons. The third-order valence-electron chi connectivity index (χ3n) is 7.49. The standard InChI is InChI=1S/C28H33N3O4/c1-3-29-27(33)25-12-18(2)4-9-24(25)20-7-5-19(6-8-20)22-15-31(16-22)28(34)30-11-10-26-21(14-30)13-23(32)17-35-26/h4-9,12,21-22,26H,3,10-11,13-17H2,1-2H3,(H,29,33)/t21-,26+/m1/s1. The number of piperidine rings is 1. The molecule has 5 rings (SSSR count). The molecule has 0 aliphatic carbocycles. The number of fused-ring (bicyclic) bond motifs is 1. The molecule has 0 unspecified atom stereocenters. The van der Waals surface area contributed by atoms with E-state index in [9.17, 15) is 14.4 Å². The van der Waals surface area contributed by atoms with Crippen molar-refractivity contribution in [3.63, 3.8) is 0 Å². The maximum Gasteiger partial charge on any atom is 0.320 e. The number of aryl methyl sites for hydroxylation is 1. The third-order valence-corrected chi connectivity index (χ3v) is 7.49. The molecule has 3 amide bonds. The van der Waals surface area contributed by atoms with Gasteiger partial charge in [-0.2, -0.15) is 0 Å². The summed E-state index contributed by atoms with van der Waals surface area (Å²) in [6.45, 7) is 7.42. The molecule has 3 saturated heterocycles. The lowest BCUT2D eigenvalue weighted by Gasteiger charge is -2.46. The average Bonchev–Trinajstić information content (AvgIpc) is 2.83. The number of amides is 3. The number of carbonyl (C=O) groups excluding carboxylic acids is 3. The number of urea groups is 1. The van der Waals surface area contributed by atoms with Gasteiger partial charge in [0.05, 0.1) is 6.10 Å². The lowest BCUT2D eigenvalue weighted by Crippen LogP contribution is -2.58. The second-order valence-electron chi connectivity index (χ2n) is 10.0. The number of hydrogen-bond acceptors (Lipinski definition) is 4. The van der Waals surface area contributed by atoms with E-state index in [0.29, 0.717) is 50.6 Å². The van der Waals surface area contributed by atoms with Crippen LogP contribution in [0, 0.1) is 12.8 Å². The molecule has 35 heavy (non-hydrogen) atoms. The van der Waals surface area contributed by atoms with E-state index in [2.05, 4.69) is 29.6 Å². The SMILES string of the molecule is CCNC(=O)c1cc(C)ccc1-c1ccc(C2CN(C(=O)N3CC[C@@H]4OCC(=O)C[C@@H]4C3)C2)cc1. The molecule has 3 heterocycles. The van der Waals surface area contributed by atoms with E-state index >= 15 is 0 Å². The molecule has 0 aromatic heterocycles. The van der Waals surface area contributed by atoms with Crippen LogP contribution in [0.4, 0.5) is 4.79 Å². The van der Waals surface area contributed by atoms with Crippen molar-refractivity contribution in [1.82, 2.24) is 15.1 Å². The molecule has 184 valence electrons.